The summed E-state index contributed by atoms with van der Waals surface area (Å²) in [7, 11) is 0. The summed E-state index contributed by atoms with van der Waals surface area (Å²) >= 11 is 1.45. The molecule has 2 aromatic heterocycles. The van der Waals surface area contributed by atoms with Crippen molar-refractivity contribution >= 4 is 23.5 Å². The number of benzene rings is 1. The molecule has 0 aliphatic carbocycles. The second-order valence-electron chi connectivity index (χ2n) is 13.5. The molecule has 3 aliphatic heterocycles. The van der Waals surface area contributed by atoms with Gasteiger partial charge in [-0.15, -0.1) is 11.8 Å². The van der Waals surface area contributed by atoms with E-state index in [1.807, 2.05) is 59.1 Å². The van der Waals surface area contributed by atoms with Gasteiger partial charge in [0.2, 0.25) is 0 Å². The first kappa shape index (κ1) is 35.2. The second-order valence-corrected chi connectivity index (χ2v) is 14.4. The molecule has 49 heavy (non-hydrogen) atoms. The van der Waals surface area contributed by atoms with Gasteiger partial charge in [0, 0.05) is 77.1 Å². The Balaban J connectivity index is 1.32. The SMILES string of the molecule is CSc1cc(C)[nH]c(=O)c1CNC(=O)c1cc(-c2ccc(N3C[C@@H](C)O[C@@H](C)C3)nc2)c2c(c1C)OC(C)(C1CCN(CC(F)F)CC1)O2. The van der Waals surface area contributed by atoms with Gasteiger partial charge in [0.25, 0.3) is 23.7 Å². The molecule has 6 rings (SSSR count). The zero-order chi connectivity index (χ0) is 35.0. The predicted octanol–water partition coefficient (Wildman–Crippen LogP) is 5.78. The first-order valence-corrected chi connectivity index (χ1v) is 18.1. The molecule has 10 nitrogen and oxygen atoms in total. The van der Waals surface area contributed by atoms with Crippen LogP contribution in [-0.4, -0.2) is 84.2 Å². The Kier molecular flexibility index (Phi) is 10.2. The number of H-pyrrole nitrogens is 1. The first-order valence-electron chi connectivity index (χ1n) is 16.8. The van der Waals surface area contributed by atoms with Crippen molar-refractivity contribution in [2.24, 2.45) is 5.92 Å². The molecule has 0 spiro atoms. The normalized spacial score (nSPS) is 22.9. The quantitative estimate of drug-likeness (QED) is 0.269. The lowest BCUT2D eigenvalue weighted by atomic mass is 9.89. The van der Waals surface area contributed by atoms with Crippen molar-refractivity contribution in [3.05, 3.63) is 63.2 Å². The molecular weight excluding hydrogens is 652 g/mol. The summed E-state index contributed by atoms with van der Waals surface area (Å²) in [6.07, 6.45) is 2.73. The number of pyridine rings is 2. The Morgan fingerprint density at radius 1 is 1.12 bits per heavy atom. The molecule has 3 aliphatic rings. The highest BCUT2D eigenvalue weighted by Gasteiger charge is 2.47. The third-order valence-electron chi connectivity index (χ3n) is 9.74. The summed E-state index contributed by atoms with van der Waals surface area (Å²) in [5.74, 6) is 0.365. The molecule has 264 valence electrons. The van der Waals surface area contributed by atoms with Gasteiger partial charge in [0.05, 0.1) is 18.8 Å². The number of alkyl halides is 2. The fourth-order valence-electron chi connectivity index (χ4n) is 7.23. The van der Waals surface area contributed by atoms with Crippen molar-refractivity contribution in [1.29, 1.82) is 0 Å². The number of anilines is 1. The lowest BCUT2D eigenvalue weighted by molar-refractivity contribution is -0.126. The van der Waals surface area contributed by atoms with Gasteiger partial charge in [-0.3, -0.25) is 14.5 Å². The molecule has 2 saturated heterocycles. The van der Waals surface area contributed by atoms with E-state index in [4.69, 9.17) is 19.2 Å². The number of piperidine rings is 1. The van der Waals surface area contributed by atoms with Crippen molar-refractivity contribution in [2.75, 3.05) is 43.9 Å². The monoisotopic (exact) mass is 697 g/mol. The average Bonchev–Trinajstić information content (AvgIpc) is 3.43. The molecule has 2 N–H and O–H groups in total. The first-order chi connectivity index (χ1) is 23.3. The number of aryl methyl sites for hydroxylation is 1. The molecule has 1 aromatic carbocycles. The van der Waals surface area contributed by atoms with E-state index in [1.54, 1.807) is 17.2 Å². The molecule has 1 unspecified atom stereocenters. The van der Waals surface area contributed by atoms with Gasteiger partial charge in [-0.2, -0.15) is 0 Å². The number of aromatic amines is 1. The number of ether oxygens (including phenoxy) is 3. The number of hydrogen-bond acceptors (Lipinski definition) is 9. The number of halogens is 2. The van der Waals surface area contributed by atoms with Gasteiger partial charge in [-0.05, 0) is 84.1 Å². The summed E-state index contributed by atoms with van der Waals surface area (Å²) in [6, 6.07) is 7.63. The zero-order valence-electron chi connectivity index (χ0n) is 28.9. The van der Waals surface area contributed by atoms with Crippen LogP contribution in [0.1, 0.15) is 60.8 Å². The van der Waals surface area contributed by atoms with Gasteiger partial charge in [0.1, 0.15) is 5.82 Å². The second kappa shape index (κ2) is 14.3. The van der Waals surface area contributed by atoms with Crippen LogP contribution in [0.4, 0.5) is 14.6 Å². The van der Waals surface area contributed by atoms with E-state index in [2.05, 4.69) is 15.2 Å². The minimum absolute atomic E-state index is 0.0510. The maximum absolute atomic E-state index is 13.9. The van der Waals surface area contributed by atoms with Crippen molar-refractivity contribution in [2.45, 2.75) is 83.3 Å². The van der Waals surface area contributed by atoms with Crippen LogP contribution >= 0.6 is 11.8 Å². The van der Waals surface area contributed by atoms with Crippen LogP contribution in [0, 0.1) is 19.8 Å². The van der Waals surface area contributed by atoms with Crippen molar-refractivity contribution in [1.82, 2.24) is 20.2 Å². The van der Waals surface area contributed by atoms with Crippen LogP contribution in [0.5, 0.6) is 11.5 Å². The maximum Gasteiger partial charge on any atom is 0.254 e. The maximum atomic E-state index is 13.9. The van der Waals surface area contributed by atoms with Crippen LogP contribution in [-0.2, 0) is 11.3 Å². The number of likely N-dealkylation sites (tertiary alicyclic amines) is 1. The van der Waals surface area contributed by atoms with E-state index in [9.17, 15) is 18.4 Å². The number of fused-ring (bicyclic) bond motifs is 1. The molecule has 1 amide bonds. The number of amides is 1. The van der Waals surface area contributed by atoms with Crippen LogP contribution < -0.4 is 25.2 Å². The molecule has 13 heteroatoms. The largest absolute Gasteiger partial charge is 0.448 e. The van der Waals surface area contributed by atoms with E-state index >= 15 is 0 Å². The fourth-order valence-corrected chi connectivity index (χ4v) is 7.94. The van der Waals surface area contributed by atoms with Gasteiger partial charge in [-0.1, -0.05) is 0 Å². The Morgan fingerprint density at radius 2 is 1.82 bits per heavy atom. The lowest BCUT2D eigenvalue weighted by Gasteiger charge is -2.38. The number of aromatic nitrogens is 2. The van der Waals surface area contributed by atoms with E-state index in [0.717, 1.165) is 35.1 Å². The van der Waals surface area contributed by atoms with E-state index in [0.29, 0.717) is 59.7 Å². The summed E-state index contributed by atoms with van der Waals surface area (Å²) in [6.45, 7) is 11.9. The highest BCUT2D eigenvalue weighted by atomic mass is 32.2. The van der Waals surface area contributed by atoms with Crippen LogP contribution in [0.2, 0.25) is 0 Å². The summed E-state index contributed by atoms with van der Waals surface area (Å²) in [4.78, 5) is 39.1. The van der Waals surface area contributed by atoms with Crippen LogP contribution in [0.15, 0.2) is 40.2 Å². The Hall–Kier alpha value is -3.68. The topological polar surface area (TPSA) is 109 Å². The number of hydrogen-bond donors (Lipinski definition) is 2. The highest BCUT2D eigenvalue weighted by Crippen LogP contribution is 2.52. The minimum atomic E-state index is -2.38. The third-order valence-corrected chi connectivity index (χ3v) is 10.5. The summed E-state index contributed by atoms with van der Waals surface area (Å²) < 4.78 is 45.3. The fraction of sp³-hybridized carbons (Fsp3) is 0.528. The highest BCUT2D eigenvalue weighted by molar-refractivity contribution is 7.98. The van der Waals surface area contributed by atoms with Gasteiger partial charge >= 0.3 is 0 Å². The number of nitrogens with one attached hydrogen (secondary N) is 2. The van der Waals surface area contributed by atoms with Gasteiger partial charge in [-0.25, -0.2) is 13.8 Å². The minimum Gasteiger partial charge on any atom is -0.448 e. The molecule has 2 fully saturated rings. The third kappa shape index (κ3) is 7.44. The van der Waals surface area contributed by atoms with Crippen LogP contribution in [0.25, 0.3) is 11.1 Å². The molecular formula is C36H45F2N5O5S. The van der Waals surface area contributed by atoms with Gasteiger partial charge < -0.3 is 29.4 Å². The number of thioether (sulfide) groups is 1. The number of nitrogens with zero attached hydrogens (tertiary/aromatic N) is 3. The molecule has 5 heterocycles. The Morgan fingerprint density at radius 3 is 2.45 bits per heavy atom. The zero-order valence-corrected chi connectivity index (χ0v) is 29.7. The molecule has 3 atom stereocenters. The number of rotatable bonds is 9. The molecule has 3 aromatic rings. The molecule has 0 saturated carbocycles. The Labute approximate surface area is 289 Å². The average molecular weight is 698 g/mol. The van der Waals surface area contributed by atoms with Crippen LogP contribution in [0.3, 0.4) is 0 Å². The standard InChI is InChI=1S/C36H45F2N5O5S/c1-20-13-29(49-6)28(35(45)41-20)16-40-34(44)26-14-27(24-7-8-31(39-15-24)43-17-21(2)46-22(3)18-43)33-32(23(26)4)47-36(5,48-33)25-9-11-42(12-10-25)19-30(37)38/h7-8,13-15,21-22,25,30H,9-12,16-19H2,1-6H3,(H,40,44)(H,41,45)/t21-,22+,36?. The van der Waals surface area contributed by atoms with Crippen molar-refractivity contribution < 1.29 is 27.8 Å². The smallest absolute Gasteiger partial charge is 0.254 e. The number of carbonyl (C=O) groups excluding carboxylic acids is 1. The van der Waals surface area contributed by atoms with E-state index in [1.165, 1.54) is 11.8 Å². The number of morpholine rings is 1. The molecule has 0 bridgehead atoms. The van der Waals surface area contributed by atoms with Gasteiger partial charge in [0.15, 0.2) is 11.5 Å². The van der Waals surface area contributed by atoms with Crippen molar-refractivity contribution in [3.63, 3.8) is 0 Å². The molecule has 0 radical (unpaired) electrons. The Bertz CT molecular complexity index is 1740. The van der Waals surface area contributed by atoms with Crippen molar-refractivity contribution in [3.8, 4) is 22.6 Å². The predicted molar refractivity (Wildman–Crippen MR) is 186 cm³/mol. The number of carbonyl (C=O) groups is 1. The van der Waals surface area contributed by atoms with E-state index in [-0.39, 0.29) is 42.7 Å². The summed E-state index contributed by atoms with van der Waals surface area (Å²) in [5.41, 5.74) is 3.41. The van der Waals surface area contributed by atoms with E-state index < -0.39 is 12.2 Å². The summed E-state index contributed by atoms with van der Waals surface area (Å²) in [5, 5.41) is 2.96. The lowest BCUT2D eigenvalue weighted by Crippen LogP contribution is -2.49.